The summed E-state index contributed by atoms with van der Waals surface area (Å²) < 4.78 is 26.8. The molecule has 0 aliphatic carbocycles. The highest BCUT2D eigenvalue weighted by atomic mass is 19.1. The second-order valence-corrected chi connectivity index (χ2v) is 5.24. The number of nitrogens with zero attached hydrogens (tertiary/aromatic N) is 1. The Morgan fingerprint density at radius 1 is 1.13 bits per heavy atom. The largest absolute Gasteiger partial charge is 0.345 e. The Morgan fingerprint density at radius 2 is 1.91 bits per heavy atom. The number of benzene rings is 2. The minimum atomic E-state index is -0.683. The first-order chi connectivity index (χ1) is 11.1. The lowest BCUT2D eigenvalue weighted by atomic mass is 10.1. The van der Waals surface area contributed by atoms with Gasteiger partial charge < -0.3 is 5.32 Å². The summed E-state index contributed by atoms with van der Waals surface area (Å²) in [7, 11) is 0. The van der Waals surface area contributed by atoms with E-state index in [4.69, 9.17) is 0 Å². The van der Waals surface area contributed by atoms with Gasteiger partial charge in [0.2, 0.25) is 0 Å². The summed E-state index contributed by atoms with van der Waals surface area (Å²) in [5.74, 6) is -1.66. The number of carbonyl (C=O) groups is 1. The van der Waals surface area contributed by atoms with E-state index in [9.17, 15) is 13.6 Å². The lowest BCUT2D eigenvalue weighted by molar-refractivity contribution is 0.0941. The SMILES string of the molecule is CC(NC(=O)c1ccnc2ccccc12)c1ccc(F)cc1F. The van der Waals surface area contributed by atoms with E-state index in [1.165, 1.54) is 12.1 Å². The molecule has 2 aromatic carbocycles. The Kier molecular flexibility index (Phi) is 4.02. The van der Waals surface area contributed by atoms with Crippen molar-refractivity contribution in [2.45, 2.75) is 13.0 Å². The molecule has 3 rings (SSSR count). The molecular formula is C18H14F2N2O. The van der Waals surface area contributed by atoms with Crippen LogP contribution >= 0.6 is 0 Å². The molecule has 1 atom stereocenters. The van der Waals surface area contributed by atoms with Crippen molar-refractivity contribution in [2.24, 2.45) is 0 Å². The van der Waals surface area contributed by atoms with Crippen LogP contribution in [0.3, 0.4) is 0 Å². The van der Waals surface area contributed by atoms with E-state index < -0.39 is 17.7 Å². The zero-order valence-corrected chi connectivity index (χ0v) is 12.4. The minimum absolute atomic E-state index is 0.234. The summed E-state index contributed by atoms with van der Waals surface area (Å²) >= 11 is 0. The fourth-order valence-electron chi connectivity index (χ4n) is 2.50. The summed E-state index contributed by atoms with van der Waals surface area (Å²) in [6.07, 6.45) is 1.56. The van der Waals surface area contributed by atoms with Crippen LogP contribution in [0, 0.1) is 11.6 Å². The lowest BCUT2D eigenvalue weighted by Gasteiger charge is -2.16. The van der Waals surface area contributed by atoms with Gasteiger partial charge in [0.1, 0.15) is 11.6 Å². The lowest BCUT2D eigenvalue weighted by Crippen LogP contribution is -2.27. The van der Waals surface area contributed by atoms with Crippen LogP contribution in [0.1, 0.15) is 28.9 Å². The second kappa shape index (κ2) is 6.12. The van der Waals surface area contributed by atoms with Gasteiger partial charge in [-0.3, -0.25) is 9.78 Å². The van der Waals surface area contributed by atoms with Gasteiger partial charge in [-0.2, -0.15) is 0 Å². The first kappa shape index (κ1) is 15.1. The smallest absolute Gasteiger partial charge is 0.252 e. The van der Waals surface area contributed by atoms with Crippen LogP contribution in [0.2, 0.25) is 0 Å². The number of fused-ring (bicyclic) bond motifs is 1. The monoisotopic (exact) mass is 312 g/mol. The average Bonchev–Trinajstić information content (AvgIpc) is 2.54. The third-order valence-electron chi connectivity index (χ3n) is 3.67. The standard InChI is InChI=1S/C18H14F2N2O/c1-11(13-7-6-12(19)10-16(13)20)22-18(23)15-8-9-21-17-5-3-2-4-14(15)17/h2-11H,1H3,(H,22,23). The predicted octanol–water partition coefficient (Wildman–Crippen LogP) is 4.00. The first-order valence-electron chi connectivity index (χ1n) is 7.16. The molecule has 116 valence electrons. The van der Waals surface area contributed by atoms with Crippen LogP contribution < -0.4 is 5.32 Å². The van der Waals surface area contributed by atoms with Crippen molar-refractivity contribution in [3.63, 3.8) is 0 Å². The van der Waals surface area contributed by atoms with E-state index in [0.29, 0.717) is 11.1 Å². The summed E-state index contributed by atoms with van der Waals surface area (Å²) in [4.78, 5) is 16.7. The highest BCUT2D eigenvalue weighted by Crippen LogP contribution is 2.20. The van der Waals surface area contributed by atoms with Crippen LogP contribution in [-0.4, -0.2) is 10.9 Å². The maximum atomic E-state index is 13.8. The number of nitrogens with one attached hydrogen (secondary N) is 1. The highest BCUT2D eigenvalue weighted by Gasteiger charge is 2.17. The number of carbonyl (C=O) groups excluding carboxylic acids is 1. The molecule has 0 fully saturated rings. The maximum Gasteiger partial charge on any atom is 0.252 e. The minimum Gasteiger partial charge on any atom is -0.345 e. The Bertz CT molecular complexity index is 875. The van der Waals surface area contributed by atoms with Crippen molar-refractivity contribution in [1.82, 2.24) is 10.3 Å². The summed E-state index contributed by atoms with van der Waals surface area (Å²) in [6.45, 7) is 1.65. The molecule has 0 aliphatic heterocycles. The van der Waals surface area contributed by atoms with Gasteiger partial charge in [0.05, 0.1) is 17.1 Å². The molecule has 3 nitrogen and oxygen atoms in total. The Labute approximate surface area is 132 Å². The van der Waals surface area contributed by atoms with Crippen molar-refractivity contribution in [2.75, 3.05) is 0 Å². The van der Waals surface area contributed by atoms with Gasteiger partial charge in [0.25, 0.3) is 5.91 Å². The van der Waals surface area contributed by atoms with Crippen molar-refractivity contribution >= 4 is 16.8 Å². The molecule has 23 heavy (non-hydrogen) atoms. The number of aromatic nitrogens is 1. The molecule has 0 bridgehead atoms. The van der Waals surface area contributed by atoms with Crippen molar-refractivity contribution in [1.29, 1.82) is 0 Å². The van der Waals surface area contributed by atoms with Gasteiger partial charge in [-0.25, -0.2) is 8.78 Å². The van der Waals surface area contributed by atoms with Crippen molar-refractivity contribution in [3.8, 4) is 0 Å². The van der Waals surface area contributed by atoms with Gasteiger partial charge in [-0.05, 0) is 25.1 Å². The van der Waals surface area contributed by atoms with Gasteiger partial charge in [0.15, 0.2) is 0 Å². The molecule has 5 heteroatoms. The first-order valence-corrected chi connectivity index (χ1v) is 7.16. The van der Waals surface area contributed by atoms with E-state index in [-0.39, 0.29) is 11.5 Å². The molecule has 1 amide bonds. The maximum absolute atomic E-state index is 13.8. The average molecular weight is 312 g/mol. The van der Waals surface area contributed by atoms with Gasteiger partial charge in [-0.1, -0.05) is 24.3 Å². The molecule has 1 N–H and O–H groups in total. The summed E-state index contributed by atoms with van der Waals surface area (Å²) in [5.41, 5.74) is 1.41. The Hall–Kier alpha value is -2.82. The topological polar surface area (TPSA) is 42.0 Å². The third-order valence-corrected chi connectivity index (χ3v) is 3.67. The molecule has 1 unspecified atom stereocenters. The summed E-state index contributed by atoms with van der Waals surface area (Å²) in [5, 5.41) is 3.46. The molecule has 0 saturated carbocycles. The van der Waals surface area contributed by atoms with Gasteiger partial charge in [-0.15, -0.1) is 0 Å². The van der Waals surface area contributed by atoms with Crippen molar-refractivity contribution in [3.05, 3.63) is 77.5 Å². The van der Waals surface area contributed by atoms with Crippen LogP contribution in [0.25, 0.3) is 10.9 Å². The molecule has 3 aromatic rings. The Morgan fingerprint density at radius 3 is 2.70 bits per heavy atom. The molecule has 1 aromatic heterocycles. The number of amides is 1. The normalized spacial score (nSPS) is 12.1. The van der Waals surface area contributed by atoms with Crippen LogP contribution in [0.15, 0.2) is 54.7 Å². The fraction of sp³-hybridized carbons (Fsp3) is 0.111. The molecule has 1 heterocycles. The number of pyridine rings is 1. The zero-order chi connectivity index (χ0) is 16.4. The van der Waals surface area contributed by atoms with E-state index in [1.807, 2.05) is 18.2 Å². The van der Waals surface area contributed by atoms with Crippen molar-refractivity contribution < 1.29 is 13.6 Å². The molecule has 0 spiro atoms. The van der Waals surface area contributed by atoms with Crippen LogP contribution in [0.5, 0.6) is 0 Å². The van der Waals surface area contributed by atoms with E-state index in [1.54, 1.807) is 25.3 Å². The Balaban J connectivity index is 1.88. The second-order valence-electron chi connectivity index (χ2n) is 5.24. The molecule has 0 radical (unpaired) electrons. The molecular weight excluding hydrogens is 298 g/mol. The third kappa shape index (κ3) is 3.04. The zero-order valence-electron chi connectivity index (χ0n) is 12.4. The van der Waals surface area contributed by atoms with E-state index >= 15 is 0 Å². The highest BCUT2D eigenvalue weighted by molar-refractivity contribution is 6.06. The number of halogens is 2. The van der Waals surface area contributed by atoms with Crippen LogP contribution in [-0.2, 0) is 0 Å². The van der Waals surface area contributed by atoms with Gasteiger partial charge >= 0.3 is 0 Å². The van der Waals surface area contributed by atoms with Gasteiger partial charge in [0, 0.05) is 23.2 Å². The van der Waals surface area contributed by atoms with Crippen LogP contribution in [0.4, 0.5) is 8.78 Å². The summed E-state index contributed by atoms with van der Waals surface area (Å²) in [6, 6.07) is 11.6. The molecule has 0 saturated heterocycles. The molecule has 0 aliphatic rings. The predicted molar refractivity (Wildman–Crippen MR) is 84.0 cm³/mol. The van der Waals surface area contributed by atoms with E-state index in [0.717, 1.165) is 11.5 Å². The fourth-order valence-corrected chi connectivity index (χ4v) is 2.50. The van der Waals surface area contributed by atoms with E-state index in [2.05, 4.69) is 10.3 Å². The number of hydrogen-bond donors (Lipinski definition) is 1. The number of hydrogen-bond acceptors (Lipinski definition) is 2. The quantitative estimate of drug-likeness (QED) is 0.794. The number of para-hydroxylation sites is 1. The number of rotatable bonds is 3.